The molecule has 0 spiro atoms. The lowest BCUT2D eigenvalue weighted by Gasteiger charge is -2.41. The van der Waals surface area contributed by atoms with Crippen LogP contribution in [0.5, 0.6) is 0 Å². The molecule has 1 atom stereocenters. The number of aromatic nitrogens is 4. The zero-order valence-electron chi connectivity index (χ0n) is 11.2. The Hall–Kier alpha value is -1.62. The number of hydrogen-bond donors (Lipinski definition) is 1. The van der Waals surface area contributed by atoms with E-state index in [1.165, 1.54) is 36.2 Å². The first-order valence-electron chi connectivity index (χ1n) is 7.06. The van der Waals surface area contributed by atoms with Crippen molar-refractivity contribution in [1.82, 2.24) is 24.6 Å². The lowest BCUT2D eigenvalue weighted by atomic mass is 9.86. The van der Waals surface area contributed by atoms with Gasteiger partial charge in [0.05, 0.1) is 23.9 Å². The van der Waals surface area contributed by atoms with Gasteiger partial charge < -0.3 is 4.98 Å². The molecular formula is C14H19N5. The number of nitrogens with one attached hydrogen (secondary N) is 1. The van der Waals surface area contributed by atoms with E-state index in [1.807, 2.05) is 24.3 Å². The highest BCUT2D eigenvalue weighted by Crippen LogP contribution is 2.35. The molecule has 1 fully saturated rings. The van der Waals surface area contributed by atoms with E-state index in [2.05, 4.69) is 26.2 Å². The molecule has 1 saturated carbocycles. The van der Waals surface area contributed by atoms with Crippen LogP contribution in [-0.2, 0) is 13.6 Å². The Bertz CT molecular complexity index is 580. The number of fused-ring (bicyclic) bond motifs is 1. The number of H-pyrrole nitrogens is 1. The molecule has 2 aliphatic rings. The van der Waals surface area contributed by atoms with Crippen molar-refractivity contribution in [3.8, 4) is 0 Å². The van der Waals surface area contributed by atoms with E-state index in [0.29, 0.717) is 5.92 Å². The summed E-state index contributed by atoms with van der Waals surface area (Å²) in [6.45, 7) is 2.10. The van der Waals surface area contributed by atoms with Crippen LogP contribution in [0.2, 0.25) is 0 Å². The van der Waals surface area contributed by atoms with Crippen LogP contribution in [0.15, 0.2) is 18.7 Å². The Morgan fingerprint density at radius 3 is 2.95 bits per heavy atom. The molecular weight excluding hydrogens is 238 g/mol. The summed E-state index contributed by atoms with van der Waals surface area (Å²) in [6.07, 6.45) is 10.0. The van der Waals surface area contributed by atoms with Gasteiger partial charge >= 0.3 is 0 Å². The summed E-state index contributed by atoms with van der Waals surface area (Å²) >= 11 is 0. The molecule has 0 bridgehead atoms. The van der Waals surface area contributed by atoms with Gasteiger partial charge in [-0.3, -0.25) is 9.58 Å². The lowest BCUT2D eigenvalue weighted by Crippen LogP contribution is -2.44. The Morgan fingerprint density at radius 1 is 1.37 bits per heavy atom. The van der Waals surface area contributed by atoms with Crippen LogP contribution in [0.25, 0.3) is 0 Å². The molecule has 0 radical (unpaired) electrons. The van der Waals surface area contributed by atoms with Crippen LogP contribution >= 0.6 is 0 Å². The van der Waals surface area contributed by atoms with Crippen molar-refractivity contribution >= 4 is 0 Å². The Labute approximate surface area is 112 Å². The van der Waals surface area contributed by atoms with Gasteiger partial charge in [0.1, 0.15) is 0 Å². The summed E-state index contributed by atoms with van der Waals surface area (Å²) in [6, 6.07) is 0.774. The second kappa shape index (κ2) is 4.20. The number of hydrogen-bond acceptors (Lipinski definition) is 3. The van der Waals surface area contributed by atoms with Gasteiger partial charge in [-0.2, -0.15) is 5.10 Å². The molecule has 4 rings (SSSR count). The smallest absolute Gasteiger partial charge is 0.0925 e. The molecule has 100 valence electrons. The third kappa shape index (κ3) is 1.80. The minimum atomic E-state index is 0.365. The summed E-state index contributed by atoms with van der Waals surface area (Å²) in [4.78, 5) is 10.5. The zero-order chi connectivity index (χ0) is 12.8. The van der Waals surface area contributed by atoms with E-state index in [0.717, 1.165) is 19.1 Å². The fourth-order valence-corrected chi connectivity index (χ4v) is 3.26. The summed E-state index contributed by atoms with van der Waals surface area (Å²) < 4.78 is 1.88. The van der Waals surface area contributed by atoms with Gasteiger partial charge in [0.15, 0.2) is 0 Å². The average molecular weight is 257 g/mol. The molecule has 2 aromatic heterocycles. The Morgan fingerprint density at radius 2 is 2.26 bits per heavy atom. The largest absolute Gasteiger partial charge is 0.347 e. The fourth-order valence-electron chi connectivity index (χ4n) is 3.26. The van der Waals surface area contributed by atoms with Gasteiger partial charge in [-0.05, 0) is 12.8 Å². The molecule has 19 heavy (non-hydrogen) atoms. The summed E-state index contributed by atoms with van der Waals surface area (Å²) in [7, 11) is 1.97. The number of aryl methyl sites for hydroxylation is 1. The van der Waals surface area contributed by atoms with Crippen molar-refractivity contribution in [3.63, 3.8) is 0 Å². The van der Waals surface area contributed by atoms with Gasteiger partial charge in [-0.15, -0.1) is 0 Å². The van der Waals surface area contributed by atoms with Crippen LogP contribution in [0.3, 0.4) is 0 Å². The van der Waals surface area contributed by atoms with Gasteiger partial charge in [0, 0.05) is 43.9 Å². The molecule has 0 amide bonds. The predicted molar refractivity (Wildman–Crippen MR) is 71.7 cm³/mol. The summed E-state index contributed by atoms with van der Waals surface area (Å²) in [5.74, 6) is 0.365. The van der Waals surface area contributed by atoms with Crippen molar-refractivity contribution in [2.45, 2.75) is 37.8 Å². The maximum absolute atomic E-state index is 4.54. The molecule has 5 nitrogen and oxygen atoms in total. The van der Waals surface area contributed by atoms with Crippen LogP contribution in [0.1, 0.15) is 42.1 Å². The van der Waals surface area contributed by atoms with Crippen LogP contribution in [-0.4, -0.2) is 37.2 Å². The molecule has 0 saturated heterocycles. The van der Waals surface area contributed by atoms with Gasteiger partial charge in [-0.25, -0.2) is 4.98 Å². The monoisotopic (exact) mass is 257 g/mol. The second-order valence-corrected chi connectivity index (χ2v) is 5.78. The first-order valence-corrected chi connectivity index (χ1v) is 7.06. The molecule has 0 aromatic carbocycles. The topological polar surface area (TPSA) is 49.7 Å². The van der Waals surface area contributed by atoms with E-state index in [9.17, 15) is 0 Å². The highest BCUT2D eigenvalue weighted by molar-refractivity contribution is 5.31. The molecule has 1 N–H and O–H groups in total. The zero-order valence-corrected chi connectivity index (χ0v) is 11.2. The molecule has 2 aromatic rings. The maximum Gasteiger partial charge on any atom is 0.0925 e. The molecule has 1 aliphatic carbocycles. The van der Waals surface area contributed by atoms with E-state index >= 15 is 0 Å². The van der Waals surface area contributed by atoms with Crippen molar-refractivity contribution in [2.75, 3.05) is 6.54 Å². The minimum Gasteiger partial charge on any atom is -0.347 e. The highest BCUT2D eigenvalue weighted by atomic mass is 15.2. The first-order chi connectivity index (χ1) is 9.31. The molecule has 5 heteroatoms. The van der Waals surface area contributed by atoms with Gasteiger partial charge in [0.2, 0.25) is 0 Å². The van der Waals surface area contributed by atoms with E-state index in [-0.39, 0.29) is 0 Å². The summed E-state index contributed by atoms with van der Waals surface area (Å²) in [5, 5.41) is 4.31. The molecule has 1 aliphatic heterocycles. The fraction of sp³-hybridized carbons (Fsp3) is 0.571. The van der Waals surface area contributed by atoms with Crippen molar-refractivity contribution in [2.24, 2.45) is 7.05 Å². The summed E-state index contributed by atoms with van der Waals surface area (Å²) in [5.41, 5.74) is 3.77. The van der Waals surface area contributed by atoms with Crippen LogP contribution in [0, 0.1) is 0 Å². The second-order valence-electron chi connectivity index (χ2n) is 5.78. The lowest BCUT2D eigenvalue weighted by molar-refractivity contribution is 0.105. The quantitative estimate of drug-likeness (QED) is 0.890. The first kappa shape index (κ1) is 11.2. The third-order valence-electron chi connectivity index (χ3n) is 4.58. The highest BCUT2D eigenvalue weighted by Gasteiger charge is 2.34. The van der Waals surface area contributed by atoms with E-state index < -0.39 is 0 Å². The number of rotatable bonds is 2. The van der Waals surface area contributed by atoms with Crippen molar-refractivity contribution in [3.05, 3.63) is 35.7 Å². The van der Waals surface area contributed by atoms with Crippen molar-refractivity contribution < 1.29 is 0 Å². The minimum absolute atomic E-state index is 0.365. The number of nitrogens with zero attached hydrogens (tertiary/aromatic N) is 4. The maximum atomic E-state index is 4.54. The SMILES string of the molecule is Cn1cc(C2CN(C3CCC3)Cc3[nH]cnc32)cn1. The van der Waals surface area contributed by atoms with Crippen molar-refractivity contribution in [1.29, 1.82) is 0 Å². The Kier molecular flexibility index (Phi) is 2.48. The molecule has 1 unspecified atom stereocenters. The third-order valence-corrected chi connectivity index (χ3v) is 4.58. The van der Waals surface area contributed by atoms with Crippen LogP contribution < -0.4 is 0 Å². The van der Waals surface area contributed by atoms with E-state index in [1.54, 1.807) is 0 Å². The van der Waals surface area contributed by atoms with Crippen LogP contribution in [0.4, 0.5) is 0 Å². The normalized spacial score (nSPS) is 24.2. The Balaban J connectivity index is 1.69. The number of aromatic amines is 1. The van der Waals surface area contributed by atoms with E-state index in [4.69, 9.17) is 0 Å². The number of imidazole rings is 1. The molecule has 3 heterocycles. The van der Waals surface area contributed by atoms with Gasteiger partial charge in [0.25, 0.3) is 0 Å². The predicted octanol–water partition coefficient (Wildman–Crippen LogP) is 1.64. The standard InChI is InChI=1S/C14H19N5/c1-18-6-10(5-17-18)12-7-19(11-3-2-4-11)8-13-14(12)16-9-15-13/h5-6,9,11-12H,2-4,7-8H2,1H3,(H,15,16). The van der Waals surface area contributed by atoms with Gasteiger partial charge in [-0.1, -0.05) is 6.42 Å². The average Bonchev–Trinajstić information content (AvgIpc) is 2.94.